The first kappa shape index (κ1) is 25.6. The summed E-state index contributed by atoms with van der Waals surface area (Å²) < 4.78 is 17.8. The van der Waals surface area contributed by atoms with Gasteiger partial charge in [0, 0.05) is 13.1 Å². The van der Waals surface area contributed by atoms with E-state index in [1.165, 1.54) is 24.2 Å². The van der Waals surface area contributed by atoms with Gasteiger partial charge in [-0.15, -0.1) is 0 Å². The van der Waals surface area contributed by atoms with Gasteiger partial charge in [0.2, 0.25) is 5.75 Å². The SMILES string of the molecule is COc1c(-c2ncn(C)n2)cc(CCOCc2cccc(NC(=O)OC(C)(C)C)n2)cc1[N+](=O)[O-]. The van der Waals surface area contributed by atoms with Gasteiger partial charge in [0.05, 0.1) is 36.5 Å². The van der Waals surface area contributed by atoms with Gasteiger partial charge in [0.1, 0.15) is 17.7 Å². The van der Waals surface area contributed by atoms with Gasteiger partial charge in [0.15, 0.2) is 5.82 Å². The number of methoxy groups -OCH3 is 1. The van der Waals surface area contributed by atoms with Gasteiger partial charge in [-0.25, -0.2) is 14.8 Å². The second-order valence-electron chi connectivity index (χ2n) is 8.64. The maximum atomic E-state index is 11.9. The average molecular weight is 485 g/mol. The standard InChI is InChI=1S/C23H28N6O6/c1-23(2,3)35-22(30)26-19-8-6-7-16(25-19)13-34-10-9-15-11-17(21-24-14-28(4)27-21)20(33-5)18(12-15)29(31)32/h6-8,11-12,14H,9-10,13H2,1-5H3,(H,25,26,30). The van der Waals surface area contributed by atoms with Crippen LogP contribution in [0.25, 0.3) is 11.4 Å². The summed E-state index contributed by atoms with van der Waals surface area (Å²) in [6.07, 6.45) is 1.32. The first-order valence-corrected chi connectivity index (χ1v) is 10.8. The number of nitrogens with one attached hydrogen (secondary N) is 1. The van der Waals surface area contributed by atoms with Crippen molar-refractivity contribution in [2.45, 2.75) is 39.4 Å². The predicted octanol–water partition coefficient (Wildman–Crippen LogP) is 3.90. The predicted molar refractivity (Wildman–Crippen MR) is 127 cm³/mol. The molecular weight excluding hydrogens is 456 g/mol. The number of amides is 1. The van der Waals surface area contributed by atoms with E-state index in [0.717, 1.165) is 0 Å². The number of anilines is 1. The van der Waals surface area contributed by atoms with Crippen LogP contribution in [0.5, 0.6) is 5.75 Å². The molecule has 12 heteroatoms. The summed E-state index contributed by atoms with van der Waals surface area (Å²) in [6, 6.07) is 8.38. The molecule has 0 aliphatic rings. The van der Waals surface area contributed by atoms with Gasteiger partial charge in [-0.2, -0.15) is 5.10 Å². The molecular formula is C23H28N6O6. The highest BCUT2D eigenvalue weighted by molar-refractivity contribution is 5.83. The Balaban J connectivity index is 1.65. The Morgan fingerprint density at radius 3 is 2.66 bits per heavy atom. The number of rotatable bonds is 9. The lowest BCUT2D eigenvalue weighted by Crippen LogP contribution is -2.27. The Labute approximate surface area is 202 Å². The minimum Gasteiger partial charge on any atom is -0.490 e. The molecule has 3 rings (SSSR count). The van der Waals surface area contributed by atoms with Gasteiger partial charge in [-0.3, -0.25) is 20.1 Å². The van der Waals surface area contributed by atoms with Crippen molar-refractivity contribution in [2.75, 3.05) is 19.0 Å². The summed E-state index contributed by atoms with van der Waals surface area (Å²) in [6.45, 7) is 5.80. The first-order valence-electron chi connectivity index (χ1n) is 10.8. The van der Waals surface area contributed by atoms with Crippen LogP contribution in [0.1, 0.15) is 32.0 Å². The number of nitro groups is 1. The van der Waals surface area contributed by atoms with E-state index in [0.29, 0.717) is 34.9 Å². The van der Waals surface area contributed by atoms with Crippen molar-refractivity contribution in [1.82, 2.24) is 19.7 Å². The van der Waals surface area contributed by atoms with E-state index >= 15 is 0 Å². The Bertz CT molecular complexity index is 1200. The van der Waals surface area contributed by atoms with Gasteiger partial charge < -0.3 is 14.2 Å². The number of carbonyl (C=O) groups excluding carboxylic acids is 1. The zero-order valence-electron chi connectivity index (χ0n) is 20.3. The number of aryl methyl sites for hydroxylation is 1. The molecule has 0 saturated carbocycles. The molecule has 0 aliphatic carbocycles. The Morgan fingerprint density at radius 1 is 1.26 bits per heavy atom. The summed E-state index contributed by atoms with van der Waals surface area (Å²) in [7, 11) is 3.08. The number of pyridine rings is 1. The molecule has 0 unspecified atom stereocenters. The van der Waals surface area contributed by atoms with Crippen LogP contribution in [0.15, 0.2) is 36.7 Å². The topological polar surface area (TPSA) is 144 Å². The fourth-order valence-electron chi connectivity index (χ4n) is 3.20. The van der Waals surface area contributed by atoms with Crippen molar-refractivity contribution >= 4 is 17.6 Å². The van der Waals surface area contributed by atoms with Crippen LogP contribution in [0.3, 0.4) is 0 Å². The second-order valence-corrected chi connectivity index (χ2v) is 8.64. The molecule has 1 aromatic carbocycles. The molecule has 0 saturated heterocycles. The van der Waals surface area contributed by atoms with E-state index in [4.69, 9.17) is 14.2 Å². The van der Waals surface area contributed by atoms with E-state index in [-0.39, 0.29) is 24.7 Å². The van der Waals surface area contributed by atoms with Crippen LogP contribution in [-0.2, 0) is 29.5 Å². The molecule has 12 nitrogen and oxygen atoms in total. The molecule has 1 N–H and O–H groups in total. The fourth-order valence-corrected chi connectivity index (χ4v) is 3.20. The summed E-state index contributed by atoms with van der Waals surface area (Å²) in [5.74, 6) is 0.775. The number of carbonyl (C=O) groups is 1. The van der Waals surface area contributed by atoms with E-state index in [1.54, 1.807) is 52.1 Å². The third-order valence-corrected chi connectivity index (χ3v) is 4.59. The van der Waals surface area contributed by atoms with Crippen molar-refractivity contribution < 1.29 is 23.9 Å². The van der Waals surface area contributed by atoms with Gasteiger partial charge in [0.25, 0.3) is 0 Å². The van der Waals surface area contributed by atoms with Gasteiger partial charge >= 0.3 is 11.8 Å². The number of hydrogen-bond donors (Lipinski definition) is 1. The number of benzene rings is 1. The van der Waals surface area contributed by atoms with Crippen LogP contribution >= 0.6 is 0 Å². The highest BCUT2D eigenvalue weighted by atomic mass is 16.6. The lowest BCUT2D eigenvalue weighted by atomic mass is 10.0. The van der Waals surface area contributed by atoms with E-state index in [1.807, 2.05) is 0 Å². The zero-order chi connectivity index (χ0) is 25.6. The lowest BCUT2D eigenvalue weighted by Gasteiger charge is -2.19. The summed E-state index contributed by atoms with van der Waals surface area (Å²) in [4.78, 5) is 31.6. The molecule has 2 heterocycles. The molecule has 0 atom stereocenters. The number of aromatic nitrogens is 4. The van der Waals surface area contributed by atoms with Gasteiger partial charge in [-0.05, 0) is 51.0 Å². The fraction of sp³-hybridized carbons (Fsp3) is 0.391. The molecule has 0 bridgehead atoms. The van der Waals surface area contributed by atoms with Crippen LogP contribution in [-0.4, -0.2) is 50.1 Å². The van der Waals surface area contributed by atoms with Crippen LogP contribution in [0, 0.1) is 10.1 Å². The Hall–Kier alpha value is -4.06. The normalized spacial score (nSPS) is 11.2. The second kappa shape index (κ2) is 10.9. The van der Waals surface area contributed by atoms with E-state index < -0.39 is 16.6 Å². The van der Waals surface area contributed by atoms with Crippen LogP contribution in [0.4, 0.5) is 16.3 Å². The third-order valence-electron chi connectivity index (χ3n) is 4.59. The number of ether oxygens (including phenoxy) is 3. The number of nitro benzene ring substituents is 1. The smallest absolute Gasteiger partial charge is 0.413 e. The third kappa shape index (κ3) is 7.21. The van der Waals surface area contributed by atoms with Crippen molar-refractivity contribution in [3.05, 3.63) is 58.0 Å². The minimum absolute atomic E-state index is 0.101. The Morgan fingerprint density at radius 2 is 2.03 bits per heavy atom. The largest absolute Gasteiger partial charge is 0.490 e. The number of hydrogen-bond acceptors (Lipinski definition) is 9. The highest BCUT2D eigenvalue weighted by Crippen LogP contribution is 2.37. The van der Waals surface area contributed by atoms with Crippen LogP contribution < -0.4 is 10.1 Å². The van der Waals surface area contributed by atoms with Crippen molar-refractivity contribution in [1.29, 1.82) is 0 Å². The summed E-state index contributed by atoms with van der Waals surface area (Å²) in [5, 5.41) is 18.5. The summed E-state index contributed by atoms with van der Waals surface area (Å²) >= 11 is 0. The van der Waals surface area contributed by atoms with E-state index in [2.05, 4.69) is 20.4 Å². The highest BCUT2D eigenvalue weighted by Gasteiger charge is 2.23. The van der Waals surface area contributed by atoms with E-state index in [9.17, 15) is 14.9 Å². The quantitative estimate of drug-likeness (QED) is 0.272. The van der Waals surface area contributed by atoms with Crippen LogP contribution in [0.2, 0.25) is 0 Å². The molecule has 186 valence electrons. The monoisotopic (exact) mass is 484 g/mol. The minimum atomic E-state index is -0.617. The summed E-state index contributed by atoms with van der Waals surface area (Å²) in [5.41, 5.74) is 0.925. The molecule has 0 radical (unpaired) electrons. The van der Waals surface area contributed by atoms with Crippen molar-refractivity contribution in [3.63, 3.8) is 0 Å². The average Bonchev–Trinajstić information content (AvgIpc) is 3.21. The lowest BCUT2D eigenvalue weighted by molar-refractivity contribution is -0.385. The molecule has 2 aromatic heterocycles. The molecule has 0 aliphatic heterocycles. The molecule has 0 fully saturated rings. The molecule has 0 spiro atoms. The maximum Gasteiger partial charge on any atom is 0.413 e. The van der Waals surface area contributed by atoms with Crippen molar-refractivity contribution in [2.24, 2.45) is 7.05 Å². The molecule has 1 amide bonds. The Kier molecular flexibility index (Phi) is 7.97. The molecule has 3 aromatic rings. The van der Waals surface area contributed by atoms with Crippen molar-refractivity contribution in [3.8, 4) is 17.1 Å². The van der Waals surface area contributed by atoms with Gasteiger partial charge in [-0.1, -0.05) is 6.07 Å². The maximum absolute atomic E-state index is 11.9. The first-order chi connectivity index (χ1) is 16.6. The molecule has 35 heavy (non-hydrogen) atoms. The number of nitrogens with zero attached hydrogens (tertiary/aromatic N) is 5. The zero-order valence-corrected chi connectivity index (χ0v) is 20.3.